The van der Waals surface area contributed by atoms with Crippen molar-refractivity contribution in [3.8, 4) is 0 Å². The van der Waals surface area contributed by atoms with E-state index in [9.17, 15) is 4.79 Å². The van der Waals surface area contributed by atoms with E-state index in [1.807, 2.05) is 25.7 Å². The number of ether oxygens (including phenoxy) is 1. The Hall–Kier alpha value is -1.55. The van der Waals surface area contributed by atoms with Gasteiger partial charge in [-0.3, -0.25) is 4.90 Å². The maximum atomic E-state index is 12.2. The second-order valence-electron chi connectivity index (χ2n) is 8.43. The van der Waals surface area contributed by atoms with Crippen molar-refractivity contribution in [3.63, 3.8) is 0 Å². The van der Waals surface area contributed by atoms with Crippen LogP contribution in [-0.2, 0) is 11.3 Å². The number of hydrogen-bond donors (Lipinski definition) is 0. The highest BCUT2D eigenvalue weighted by atomic mass is 16.6. The van der Waals surface area contributed by atoms with Gasteiger partial charge in [0.05, 0.1) is 0 Å². The molecule has 0 spiro atoms. The summed E-state index contributed by atoms with van der Waals surface area (Å²) in [6.45, 7) is 8.49. The van der Waals surface area contributed by atoms with Crippen LogP contribution in [0, 0.1) is 11.8 Å². The summed E-state index contributed by atoms with van der Waals surface area (Å²) >= 11 is 0. The molecule has 0 radical (unpaired) electrons. The van der Waals surface area contributed by atoms with E-state index in [1.54, 1.807) is 0 Å². The van der Waals surface area contributed by atoms with Crippen LogP contribution in [0.3, 0.4) is 0 Å². The Bertz CT molecular complexity index is 553. The minimum atomic E-state index is -0.410. The van der Waals surface area contributed by atoms with Crippen molar-refractivity contribution in [2.24, 2.45) is 11.8 Å². The van der Waals surface area contributed by atoms with Crippen molar-refractivity contribution in [1.29, 1.82) is 0 Å². The number of carbonyl (C=O) groups excluding carboxylic acids is 1. The summed E-state index contributed by atoms with van der Waals surface area (Å²) in [5.74, 6) is 1.25. The average Bonchev–Trinajstić information content (AvgIpc) is 3.05. The van der Waals surface area contributed by atoms with E-state index in [0.717, 1.165) is 19.6 Å². The highest BCUT2D eigenvalue weighted by Gasteiger charge is 2.44. The van der Waals surface area contributed by atoms with E-state index < -0.39 is 5.60 Å². The third-order valence-electron chi connectivity index (χ3n) is 5.28. The molecular formula is C20H30N2O2. The largest absolute Gasteiger partial charge is 0.444 e. The van der Waals surface area contributed by atoms with Crippen molar-refractivity contribution < 1.29 is 9.53 Å². The van der Waals surface area contributed by atoms with Gasteiger partial charge in [0.25, 0.3) is 0 Å². The summed E-state index contributed by atoms with van der Waals surface area (Å²) in [4.78, 5) is 16.6. The fraction of sp³-hybridized carbons (Fsp3) is 0.650. The molecule has 1 aromatic rings. The van der Waals surface area contributed by atoms with Crippen LogP contribution in [-0.4, -0.2) is 47.7 Å². The maximum Gasteiger partial charge on any atom is 0.410 e. The third-order valence-corrected chi connectivity index (χ3v) is 5.28. The van der Waals surface area contributed by atoms with Crippen molar-refractivity contribution >= 4 is 6.09 Å². The lowest BCUT2D eigenvalue weighted by atomic mass is 10.0. The molecule has 2 atom stereocenters. The molecule has 1 aliphatic carbocycles. The minimum absolute atomic E-state index is 0.147. The fourth-order valence-corrected chi connectivity index (χ4v) is 4.10. The lowest BCUT2D eigenvalue weighted by Gasteiger charge is -2.28. The molecule has 1 heterocycles. The molecule has 2 fully saturated rings. The van der Waals surface area contributed by atoms with Gasteiger partial charge in [-0.1, -0.05) is 30.3 Å². The molecule has 2 unspecified atom stereocenters. The van der Waals surface area contributed by atoms with Gasteiger partial charge in [0.15, 0.2) is 0 Å². The van der Waals surface area contributed by atoms with Gasteiger partial charge >= 0.3 is 6.09 Å². The Morgan fingerprint density at radius 1 is 1.17 bits per heavy atom. The van der Waals surface area contributed by atoms with E-state index >= 15 is 0 Å². The zero-order chi connectivity index (χ0) is 17.3. The Labute approximate surface area is 145 Å². The molecule has 24 heavy (non-hydrogen) atoms. The molecule has 1 saturated heterocycles. The molecule has 0 N–H and O–H groups in total. The van der Waals surface area contributed by atoms with Crippen LogP contribution in [0.15, 0.2) is 30.3 Å². The van der Waals surface area contributed by atoms with Crippen LogP contribution in [0.2, 0.25) is 0 Å². The van der Waals surface area contributed by atoms with Crippen molar-refractivity contribution in [2.45, 2.75) is 51.8 Å². The molecule has 1 aliphatic heterocycles. The normalized spacial score (nSPS) is 26.7. The van der Waals surface area contributed by atoms with Gasteiger partial charge in [-0.05, 0) is 58.1 Å². The van der Waals surface area contributed by atoms with E-state index in [1.165, 1.54) is 18.4 Å². The molecule has 1 saturated carbocycles. The second-order valence-corrected chi connectivity index (χ2v) is 8.43. The predicted octanol–water partition coefficient (Wildman–Crippen LogP) is 3.76. The molecule has 1 amide bonds. The zero-order valence-corrected chi connectivity index (χ0v) is 15.4. The molecule has 0 bridgehead atoms. The quantitative estimate of drug-likeness (QED) is 0.846. The number of fused-ring (bicyclic) bond motifs is 1. The standard InChI is InChI=1S/C20H30N2O2/c1-20(2,3)24-19(23)22-13-16-10-18(11-17(16)14-22)21(4)12-15-8-6-5-7-9-15/h5-9,16-18H,10-14H2,1-4H3. The van der Waals surface area contributed by atoms with Crippen LogP contribution < -0.4 is 0 Å². The van der Waals surface area contributed by atoms with Crippen LogP contribution in [0.1, 0.15) is 39.2 Å². The summed E-state index contributed by atoms with van der Waals surface area (Å²) in [6, 6.07) is 11.3. The summed E-state index contributed by atoms with van der Waals surface area (Å²) in [5.41, 5.74) is 0.958. The van der Waals surface area contributed by atoms with Crippen LogP contribution in [0.4, 0.5) is 4.79 Å². The molecule has 132 valence electrons. The molecule has 4 nitrogen and oxygen atoms in total. The summed E-state index contributed by atoms with van der Waals surface area (Å²) in [7, 11) is 2.23. The Morgan fingerprint density at radius 2 is 1.75 bits per heavy atom. The smallest absolute Gasteiger partial charge is 0.410 e. The number of amides is 1. The fourth-order valence-electron chi connectivity index (χ4n) is 4.10. The molecule has 2 aliphatic rings. The maximum absolute atomic E-state index is 12.2. The molecule has 3 rings (SSSR count). The number of likely N-dealkylation sites (tertiary alicyclic amines) is 1. The second kappa shape index (κ2) is 6.75. The minimum Gasteiger partial charge on any atom is -0.444 e. The third kappa shape index (κ3) is 4.10. The van der Waals surface area contributed by atoms with Gasteiger partial charge < -0.3 is 9.64 Å². The average molecular weight is 330 g/mol. The molecular weight excluding hydrogens is 300 g/mol. The lowest BCUT2D eigenvalue weighted by Crippen LogP contribution is -2.37. The first kappa shape index (κ1) is 17.3. The molecule has 4 heteroatoms. The first-order chi connectivity index (χ1) is 11.3. The van der Waals surface area contributed by atoms with Gasteiger partial charge in [-0.15, -0.1) is 0 Å². The Kier molecular flexibility index (Phi) is 4.86. The lowest BCUT2D eigenvalue weighted by molar-refractivity contribution is 0.0275. The van der Waals surface area contributed by atoms with E-state index in [4.69, 9.17) is 4.74 Å². The van der Waals surface area contributed by atoms with Gasteiger partial charge in [-0.2, -0.15) is 0 Å². The highest BCUT2D eigenvalue weighted by molar-refractivity contribution is 5.68. The van der Waals surface area contributed by atoms with Crippen molar-refractivity contribution in [3.05, 3.63) is 35.9 Å². The monoisotopic (exact) mass is 330 g/mol. The first-order valence-corrected chi connectivity index (χ1v) is 9.04. The number of nitrogens with zero attached hydrogens (tertiary/aromatic N) is 2. The van der Waals surface area contributed by atoms with E-state index in [2.05, 4.69) is 42.3 Å². The Morgan fingerprint density at radius 3 is 2.29 bits per heavy atom. The van der Waals surface area contributed by atoms with E-state index in [-0.39, 0.29) is 6.09 Å². The molecule has 1 aromatic carbocycles. The number of benzene rings is 1. The summed E-state index contributed by atoms with van der Waals surface area (Å²) in [6.07, 6.45) is 2.23. The highest BCUT2D eigenvalue weighted by Crippen LogP contribution is 2.40. The van der Waals surface area contributed by atoms with E-state index in [0.29, 0.717) is 17.9 Å². The van der Waals surface area contributed by atoms with Gasteiger partial charge in [-0.25, -0.2) is 4.79 Å². The van der Waals surface area contributed by atoms with Crippen molar-refractivity contribution in [2.75, 3.05) is 20.1 Å². The topological polar surface area (TPSA) is 32.8 Å². The van der Waals surface area contributed by atoms with Crippen LogP contribution in [0.5, 0.6) is 0 Å². The van der Waals surface area contributed by atoms with Crippen molar-refractivity contribution in [1.82, 2.24) is 9.80 Å². The SMILES string of the molecule is CN(Cc1ccccc1)C1CC2CN(C(=O)OC(C)(C)C)CC2C1. The number of rotatable bonds is 3. The predicted molar refractivity (Wildman–Crippen MR) is 95.7 cm³/mol. The first-order valence-electron chi connectivity index (χ1n) is 9.04. The van der Waals surface area contributed by atoms with Crippen LogP contribution in [0.25, 0.3) is 0 Å². The van der Waals surface area contributed by atoms with Crippen LogP contribution >= 0.6 is 0 Å². The number of carbonyl (C=O) groups is 1. The van der Waals surface area contributed by atoms with Gasteiger partial charge in [0.1, 0.15) is 5.60 Å². The molecule has 0 aromatic heterocycles. The Balaban J connectivity index is 1.51. The van der Waals surface area contributed by atoms with Gasteiger partial charge in [0, 0.05) is 25.7 Å². The zero-order valence-electron chi connectivity index (χ0n) is 15.4. The number of hydrogen-bond acceptors (Lipinski definition) is 3. The van der Waals surface area contributed by atoms with Gasteiger partial charge in [0.2, 0.25) is 0 Å². The summed E-state index contributed by atoms with van der Waals surface area (Å²) < 4.78 is 5.52. The summed E-state index contributed by atoms with van der Waals surface area (Å²) in [5, 5.41) is 0.